The van der Waals surface area contributed by atoms with Gasteiger partial charge in [0, 0.05) is 33.2 Å². The van der Waals surface area contributed by atoms with Gasteiger partial charge in [-0.1, -0.05) is 0 Å². The highest BCUT2D eigenvalue weighted by Gasteiger charge is 2.12. The van der Waals surface area contributed by atoms with Crippen molar-refractivity contribution in [3.63, 3.8) is 0 Å². The molecule has 57 valence electrons. The lowest BCUT2D eigenvalue weighted by atomic mass is 10.4. The second-order valence-corrected chi connectivity index (χ2v) is 2.32. The molecule has 0 aromatic rings. The van der Waals surface area contributed by atoms with Gasteiger partial charge in [0.05, 0.1) is 0 Å². The summed E-state index contributed by atoms with van der Waals surface area (Å²) in [5, 5.41) is 6.63. The molecule has 0 saturated carbocycles. The molecule has 0 spiro atoms. The first-order valence-electron chi connectivity index (χ1n) is 3.41. The van der Waals surface area contributed by atoms with Gasteiger partial charge in [0.25, 0.3) is 0 Å². The molecule has 0 aliphatic carbocycles. The second kappa shape index (κ2) is 3.53. The van der Waals surface area contributed by atoms with Crippen LogP contribution in [0.5, 0.6) is 0 Å². The number of hydrogen-bond donors (Lipinski definition) is 1. The maximum atomic E-state index is 10.1. The molecule has 1 saturated heterocycles. The van der Waals surface area contributed by atoms with E-state index < -0.39 is 0 Å². The van der Waals surface area contributed by atoms with Crippen LogP contribution in [-0.4, -0.2) is 49.7 Å². The van der Waals surface area contributed by atoms with E-state index in [0.29, 0.717) is 0 Å². The van der Waals surface area contributed by atoms with Crippen LogP contribution < -0.4 is 5.32 Å². The molecular formula is C6H12N3O. The molecule has 0 bridgehead atoms. The predicted molar refractivity (Wildman–Crippen MR) is 37.9 cm³/mol. The molecule has 1 rings (SSSR count). The van der Waals surface area contributed by atoms with E-state index in [-0.39, 0.29) is 0 Å². The smallest absolute Gasteiger partial charge is 0.314 e. The fraction of sp³-hybridized carbons (Fsp3) is 0.833. The molecule has 0 unspecified atom stereocenters. The summed E-state index contributed by atoms with van der Waals surface area (Å²) in [7, 11) is 1.72. The SMILES string of the molecule is CN([C]=O)N1CCNCC1. The highest BCUT2D eigenvalue weighted by molar-refractivity contribution is 5.46. The minimum atomic E-state index is 0.895. The Kier molecular flexibility index (Phi) is 2.65. The summed E-state index contributed by atoms with van der Waals surface area (Å²) in [4.78, 5) is 10.1. The minimum absolute atomic E-state index is 0.895. The topological polar surface area (TPSA) is 35.6 Å². The number of amides is 1. The zero-order chi connectivity index (χ0) is 7.40. The summed E-state index contributed by atoms with van der Waals surface area (Å²) >= 11 is 0. The third kappa shape index (κ3) is 1.68. The second-order valence-electron chi connectivity index (χ2n) is 2.32. The molecular weight excluding hydrogens is 130 g/mol. The van der Waals surface area contributed by atoms with Crippen LogP contribution in [0.3, 0.4) is 0 Å². The van der Waals surface area contributed by atoms with Gasteiger partial charge >= 0.3 is 6.41 Å². The van der Waals surface area contributed by atoms with Crippen LogP contribution in [0.1, 0.15) is 0 Å². The lowest BCUT2D eigenvalue weighted by molar-refractivity contribution is 0.0528. The summed E-state index contributed by atoms with van der Waals surface area (Å²) in [6, 6.07) is 0. The summed E-state index contributed by atoms with van der Waals surface area (Å²) in [5.41, 5.74) is 0. The van der Waals surface area contributed by atoms with Crippen molar-refractivity contribution in [2.75, 3.05) is 33.2 Å². The fourth-order valence-electron chi connectivity index (χ4n) is 1.01. The molecule has 1 radical (unpaired) electrons. The number of hydrogen-bond acceptors (Lipinski definition) is 3. The van der Waals surface area contributed by atoms with Crippen LogP contribution in [0.4, 0.5) is 0 Å². The molecule has 0 aromatic heterocycles. The molecule has 10 heavy (non-hydrogen) atoms. The molecule has 1 amide bonds. The van der Waals surface area contributed by atoms with Gasteiger partial charge in [0.2, 0.25) is 0 Å². The third-order valence-corrected chi connectivity index (χ3v) is 1.65. The fourth-order valence-corrected chi connectivity index (χ4v) is 1.01. The minimum Gasteiger partial charge on any atom is -0.314 e. The van der Waals surface area contributed by atoms with Gasteiger partial charge in [0.15, 0.2) is 0 Å². The molecule has 1 aliphatic rings. The monoisotopic (exact) mass is 142 g/mol. The Labute approximate surface area is 60.8 Å². The Morgan fingerprint density at radius 2 is 2.10 bits per heavy atom. The van der Waals surface area contributed by atoms with E-state index in [4.69, 9.17) is 0 Å². The van der Waals surface area contributed by atoms with E-state index >= 15 is 0 Å². The Balaban J connectivity index is 2.30. The van der Waals surface area contributed by atoms with Crippen molar-refractivity contribution >= 4 is 6.41 Å². The van der Waals surface area contributed by atoms with Crippen molar-refractivity contribution in [2.45, 2.75) is 0 Å². The molecule has 1 aliphatic heterocycles. The standard InChI is InChI=1S/C6H12N3O/c1-8(6-10)9-4-2-7-3-5-9/h7H,2-5H2,1H3. The molecule has 0 atom stereocenters. The number of nitrogens with one attached hydrogen (secondary N) is 1. The predicted octanol–water partition coefficient (Wildman–Crippen LogP) is -1.19. The van der Waals surface area contributed by atoms with Crippen molar-refractivity contribution in [1.82, 2.24) is 15.3 Å². The summed E-state index contributed by atoms with van der Waals surface area (Å²) in [6.45, 7) is 3.69. The van der Waals surface area contributed by atoms with E-state index in [0.717, 1.165) is 26.2 Å². The summed E-state index contributed by atoms with van der Waals surface area (Å²) in [6.07, 6.45) is 1.82. The molecule has 1 heterocycles. The molecule has 4 heteroatoms. The maximum absolute atomic E-state index is 10.1. The summed E-state index contributed by atoms with van der Waals surface area (Å²) in [5.74, 6) is 0. The van der Waals surface area contributed by atoms with Crippen molar-refractivity contribution < 1.29 is 4.79 Å². The average molecular weight is 142 g/mol. The first kappa shape index (κ1) is 7.50. The van der Waals surface area contributed by atoms with Gasteiger partial charge in [-0.05, 0) is 0 Å². The van der Waals surface area contributed by atoms with Crippen molar-refractivity contribution in [1.29, 1.82) is 0 Å². The molecule has 1 fully saturated rings. The van der Waals surface area contributed by atoms with Crippen LogP contribution in [0.15, 0.2) is 0 Å². The lowest BCUT2D eigenvalue weighted by Crippen LogP contribution is -2.50. The van der Waals surface area contributed by atoms with Crippen molar-refractivity contribution in [2.24, 2.45) is 0 Å². The average Bonchev–Trinajstić information content (AvgIpc) is 2.05. The van der Waals surface area contributed by atoms with Gasteiger partial charge in [-0.15, -0.1) is 0 Å². The molecule has 0 aromatic carbocycles. The van der Waals surface area contributed by atoms with Crippen LogP contribution in [0, 0.1) is 0 Å². The van der Waals surface area contributed by atoms with Gasteiger partial charge in [-0.25, -0.2) is 5.01 Å². The van der Waals surface area contributed by atoms with Crippen LogP contribution >= 0.6 is 0 Å². The number of nitrogens with zero attached hydrogens (tertiary/aromatic N) is 2. The Hall–Kier alpha value is -0.610. The third-order valence-electron chi connectivity index (χ3n) is 1.65. The van der Waals surface area contributed by atoms with E-state index in [1.54, 1.807) is 7.05 Å². The normalized spacial score (nSPS) is 20.5. The lowest BCUT2D eigenvalue weighted by Gasteiger charge is -2.31. The Morgan fingerprint density at radius 3 is 2.60 bits per heavy atom. The van der Waals surface area contributed by atoms with Gasteiger partial charge < -0.3 is 5.32 Å². The van der Waals surface area contributed by atoms with Crippen LogP contribution in [0.2, 0.25) is 0 Å². The van der Waals surface area contributed by atoms with Gasteiger partial charge in [0.1, 0.15) is 0 Å². The zero-order valence-corrected chi connectivity index (χ0v) is 6.13. The zero-order valence-electron chi connectivity index (χ0n) is 6.13. The quantitative estimate of drug-likeness (QED) is 0.492. The molecule has 4 nitrogen and oxygen atoms in total. The highest BCUT2D eigenvalue weighted by atomic mass is 16.1. The van der Waals surface area contributed by atoms with E-state index in [9.17, 15) is 4.79 Å². The van der Waals surface area contributed by atoms with E-state index in [1.165, 1.54) is 5.01 Å². The molecule has 1 N–H and O–H groups in total. The van der Waals surface area contributed by atoms with Gasteiger partial charge in [-0.3, -0.25) is 9.80 Å². The summed E-state index contributed by atoms with van der Waals surface area (Å²) < 4.78 is 0. The number of carbonyl (C=O) groups excluding carboxylic acids is 1. The first-order chi connectivity index (χ1) is 4.84. The first-order valence-corrected chi connectivity index (χ1v) is 3.41. The maximum Gasteiger partial charge on any atom is 0.327 e. The van der Waals surface area contributed by atoms with Gasteiger partial charge in [-0.2, -0.15) is 0 Å². The van der Waals surface area contributed by atoms with Crippen molar-refractivity contribution in [3.8, 4) is 0 Å². The van der Waals surface area contributed by atoms with E-state index in [2.05, 4.69) is 5.32 Å². The number of rotatable bonds is 2. The largest absolute Gasteiger partial charge is 0.327 e. The highest BCUT2D eigenvalue weighted by Crippen LogP contribution is 1.92. The van der Waals surface area contributed by atoms with E-state index in [1.807, 2.05) is 11.4 Å². The van der Waals surface area contributed by atoms with Crippen LogP contribution in [-0.2, 0) is 4.79 Å². The van der Waals surface area contributed by atoms with Crippen molar-refractivity contribution in [3.05, 3.63) is 0 Å². The number of hydrazine groups is 1. The Bertz CT molecular complexity index is 112. The van der Waals surface area contributed by atoms with Crippen LogP contribution in [0.25, 0.3) is 0 Å². The number of piperazine rings is 1. The Morgan fingerprint density at radius 1 is 1.50 bits per heavy atom.